The van der Waals surface area contributed by atoms with Gasteiger partial charge in [0.1, 0.15) is 0 Å². The van der Waals surface area contributed by atoms with Crippen molar-refractivity contribution in [2.24, 2.45) is 0 Å². The van der Waals surface area contributed by atoms with Gasteiger partial charge in [-0.15, -0.1) is 0 Å². The van der Waals surface area contributed by atoms with Crippen LogP contribution in [0.5, 0.6) is 0 Å². The Morgan fingerprint density at radius 1 is 1.16 bits per heavy atom. The van der Waals surface area contributed by atoms with Gasteiger partial charge in [0, 0.05) is 35.4 Å². The predicted octanol–water partition coefficient (Wildman–Crippen LogP) is 3.99. The number of pyridine rings is 1. The highest BCUT2D eigenvalue weighted by molar-refractivity contribution is 6.33. The van der Waals surface area contributed by atoms with Crippen molar-refractivity contribution in [2.75, 3.05) is 0 Å². The molecule has 2 heterocycles. The van der Waals surface area contributed by atoms with E-state index < -0.39 is 0 Å². The minimum atomic E-state index is -0.240. The fraction of sp³-hybridized carbons (Fsp3) is 0.158. The third-order valence-corrected chi connectivity index (χ3v) is 4.22. The average Bonchev–Trinajstić information content (AvgIpc) is 2.62. The Labute approximate surface area is 151 Å². The van der Waals surface area contributed by atoms with Crippen LogP contribution in [0.1, 0.15) is 34.6 Å². The van der Waals surface area contributed by atoms with Crippen LogP contribution in [0.3, 0.4) is 0 Å². The number of halogens is 1. The van der Waals surface area contributed by atoms with Gasteiger partial charge in [-0.2, -0.15) is 0 Å². The van der Waals surface area contributed by atoms with E-state index in [4.69, 9.17) is 11.6 Å². The first-order valence-corrected chi connectivity index (χ1v) is 8.23. The molecule has 0 aliphatic rings. The third kappa shape index (κ3) is 3.83. The van der Waals surface area contributed by atoms with Gasteiger partial charge in [-0.05, 0) is 38.1 Å². The van der Waals surface area contributed by atoms with Crippen LogP contribution in [0.4, 0.5) is 0 Å². The van der Waals surface area contributed by atoms with Gasteiger partial charge < -0.3 is 5.32 Å². The number of hydrogen-bond donors (Lipinski definition) is 1. The zero-order valence-corrected chi connectivity index (χ0v) is 14.7. The summed E-state index contributed by atoms with van der Waals surface area (Å²) >= 11 is 6.08. The fourth-order valence-corrected chi connectivity index (χ4v) is 2.76. The molecule has 0 spiro atoms. The molecule has 25 heavy (non-hydrogen) atoms. The van der Waals surface area contributed by atoms with Crippen molar-refractivity contribution in [3.8, 4) is 11.4 Å². The van der Waals surface area contributed by atoms with Crippen LogP contribution < -0.4 is 5.32 Å². The average molecular weight is 353 g/mol. The Balaban J connectivity index is 1.80. The van der Waals surface area contributed by atoms with E-state index in [-0.39, 0.29) is 11.9 Å². The number of hydrogen-bond acceptors (Lipinski definition) is 4. The number of aromatic nitrogens is 3. The molecule has 1 aromatic carbocycles. The number of carbonyl (C=O) groups is 1. The molecule has 5 nitrogen and oxygen atoms in total. The largest absolute Gasteiger partial charge is 0.345 e. The lowest BCUT2D eigenvalue weighted by molar-refractivity contribution is 0.0940. The normalized spacial score (nSPS) is 11.8. The number of nitrogens with zero attached hydrogens (tertiary/aromatic N) is 3. The topological polar surface area (TPSA) is 67.8 Å². The lowest BCUT2D eigenvalue weighted by atomic mass is 10.1. The highest BCUT2D eigenvalue weighted by atomic mass is 35.5. The summed E-state index contributed by atoms with van der Waals surface area (Å²) in [4.78, 5) is 25.4. The molecule has 3 rings (SSSR count). The maximum Gasteiger partial charge on any atom is 0.253 e. The zero-order valence-electron chi connectivity index (χ0n) is 13.9. The maximum atomic E-state index is 12.4. The highest BCUT2D eigenvalue weighted by Gasteiger charge is 2.16. The molecule has 3 aromatic rings. The van der Waals surface area contributed by atoms with Crippen molar-refractivity contribution in [1.29, 1.82) is 0 Å². The first-order chi connectivity index (χ1) is 12.1. The van der Waals surface area contributed by atoms with Gasteiger partial charge in [0.25, 0.3) is 5.91 Å². The van der Waals surface area contributed by atoms with E-state index in [2.05, 4.69) is 20.3 Å². The summed E-state index contributed by atoms with van der Waals surface area (Å²) in [7, 11) is 0. The standard InChI is InChI=1S/C19H17ClN4O/c1-12-16(11-22-18(23-12)14-7-9-21-10-8-14)13(2)24-19(25)15-5-3-4-6-17(15)20/h3-11,13H,1-2H3,(H,24,25)/t13-/m0/s1. The molecule has 0 saturated carbocycles. The van der Waals surface area contributed by atoms with Crippen molar-refractivity contribution in [1.82, 2.24) is 20.3 Å². The molecular formula is C19H17ClN4O. The number of benzene rings is 1. The van der Waals surface area contributed by atoms with E-state index in [1.807, 2.05) is 26.0 Å². The van der Waals surface area contributed by atoms with Crippen molar-refractivity contribution in [2.45, 2.75) is 19.9 Å². The summed E-state index contributed by atoms with van der Waals surface area (Å²) in [5.41, 5.74) is 3.02. The molecule has 0 unspecified atom stereocenters. The van der Waals surface area contributed by atoms with E-state index in [1.165, 1.54) is 0 Å². The van der Waals surface area contributed by atoms with Crippen LogP contribution in [0.25, 0.3) is 11.4 Å². The highest BCUT2D eigenvalue weighted by Crippen LogP contribution is 2.21. The number of rotatable bonds is 4. The first kappa shape index (κ1) is 17.0. The zero-order chi connectivity index (χ0) is 17.8. The van der Waals surface area contributed by atoms with Crippen molar-refractivity contribution in [3.63, 3.8) is 0 Å². The van der Waals surface area contributed by atoms with Gasteiger partial charge in [0.2, 0.25) is 0 Å². The summed E-state index contributed by atoms with van der Waals surface area (Å²) in [6, 6.07) is 10.4. The van der Waals surface area contributed by atoms with Gasteiger partial charge in [0.15, 0.2) is 5.82 Å². The summed E-state index contributed by atoms with van der Waals surface area (Å²) in [5.74, 6) is 0.406. The second-order valence-electron chi connectivity index (χ2n) is 5.65. The number of nitrogens with one attached hydrogen (secondary N) is 1. The number of amides is 1. The van der Waals surface area contributed by atoms with E-state index in [0.29, 0.717) is 16.4 Å². The molecular weight excluding hydrogens is 336 g/mol. The van der Waals surface area contributed by atoms with Gasteiger partial charge in [0.05, 0.1) is 16.6 Å². The predicted molar refractivity (Wildman–Crippen MR) is 97.3 cm³/mol. The maximum absolute atomic E-state index is 12.4. The third-order valence-electron chi connectivity index (χ3n) is 3.89. The smallest absolute Gasteiger partial charge is 0.253 e. The van der Waals surface area contributed by atoms with Crippen LogP contribution in [0.2, 0.25) is 5.02 Å². The van der Waals surface area contributed by atoms with Crippen LogP contribution >= 0.6 is 11.6 Å². The van der Waals surface area contributed by atoms with E-state index in [9.17, 15) is 4.79 Å². The van der Waals surface area contributed by atoms with Gasteiger partial charge in [-0.3, -0.25) is 9.78 Å². The lowest BCUT2D eigenvalue weighted by Crippen LogP contribution is -2.27. The quantitative estimate of drug-likeness (QED) is 0.770. The Kier molecular flexibility index (Phi) is 5.05. The number of carbonyl (C=O) groups excluding carboxylic acids is 1. The molecule has 0 bridgehead atoms. The summed E-state index contributed by atoms with van der Waals surface area (Å²) in [6.45, 7) is 3.80. The van der Waals surface area contributed by atoms with Crippen LogP contribution in [-0.4, -0.2) is 20.9 Å². The van der Waals surface area contributed by atoms with Crippen LogP contribution in [0.15, 0.2) is 55.0 Å². The molecule has 6 heteroatoms. The fourth-order valence-electron chi connectivity index (χ4n) is 2.54. The molecule has 0 aliphatic heterocycles. The SMILES string of the molecule is Cc1nc(-c2ccncc2)ncc1[C@H](C)NC(=O)c1ccccc1Cl. The van der Waals surface area contributed by atoms with Gasteiger partial charge in [-0.1, -0.05) is 23.7 Å². The molecule has 2 aromatic heterocycles. The van der Waals surface area contributed by atoms with Crippen molar-refractivity contribution >= 4 is 17.5 Å². The van der Waals surface area contributed by atoms with E-state index in [0.717, 1.165) is 16.8 Å². The van der Waals surface area contributed by atoms with Crippen LogP contribution in [0, 0.1) is 6.92 Å². The Morgan fingerprint density at radius 3 is 2.56 bits per heavy atom. The van der Waals surface area contributed by atoms with E-state index in [1.54, 1.807) is 42.9 Å². The second-order valence-corrected chi connectivity index (χ2v) is 6.05. The van der Waals surface area contributed by atoms with Gasteiger partial charge in [-0.25, -0.2) is 9.97 Å². The molecule has 1 amide bonds. The summed E-state index contributed by atoms with van der Waals surface area (Å²) in [6.07, 6.45) is 5.15. The minimum Gasteiger partial charge on any atom is -0.345 e. The first-order valence-electron chi connectivity index (χ1n) is 7.85. The van der Waals surface area contributed by atoms with Crippen molar-refractivity contribution < 1.29 is 4.79 Å². The summed E-state index contributed by atoms with van der Waals surface area (Å²) < 4.78 is 0. The molecule has 0 radical (unpaired) electrons. The monoisotopic (exact) mass is 352 g/mol. The minimum absolute atomic E-state index is 0.226. The number of aryl methyl sites for hydroxylation is 1. The Morgan fingerprint density at radius 2 is 1.88 bits per heavy atom. The lowest BCUT2D eigenvalue weighted by Gasteiger charge is -2.17. The van der Waals surface area contributed by atoms with Crippen molar-refractivity contribution in [3.05, 3.63) is 76.8 Å². The molecule has 1 N–H and O–H groups in total. The molecule has 126 valence electrons. The van der Waals surface area contributed by atoms with Gasteiger partial charge >= 0.3 is 0 Å². The van der Waals surface area contributed by atoms with E-state index >= 15 is 0 Å². The molecule has 1 atom stereocenters. The summed E-state index contributed by atoms with van der Waals surface area (Å²) in [5, 5.41) is 3.36. The Hall–Kier alpha value is -2.79. The molecule has 0 fully saturated rings. The molecule has 0 saturated heterocycles. The molecule has 0 aliphatic carbocycles. The second kappa shape index (κ2) is 7.40. The Bertz CT molecular complexity index is 899. The van der Waals surface area contributed by atoms with Crippen LogP contribution in [-0.2, 0) is 0 Å².